The van der Waals surface area contributed by atoms with Crippen molar-refractivity contribution in [2.75, 3.05) is 0 Å². The number of benzene rings is 5. The fourth-order valence-electron chi connectivity index (χ4n) is 18.4. The van der Waals surface area contributed by atoms with Gasteiger partial charge < -0.3 is 25.5 Å². The van der Waals surface area contributed by atoms with Crippen LogP contribution in [0.25, 0.3) is 54.5 Å². The van der Waals surface area contributed by atoms with E-state index in [0.717, 1.165) is 133 Å². The van der Waals surface area contributed by atoms with Crippen LogP contribution in [0.5, 0.6) is 0 Å². The molecule has 5 atom stereocenters. The van der Waals surface area contributed by atoms with Gasteiger partial charge in [0.15, 0.2) is 11.6 Å². The van der Waals surface area contributed by atoms with Crippen LogP contribution in [0.3, 0.4) is 0 Å². The molecule has 5 heterocycles. The average Bonchev–Trinajstić information content (AvgIpc) is 1.57. The Morgan fingerprint density at radius 3 is 1.32 bits per heavy atom. The summed E-state index contributed by atoms with van der Waals surface area (Å²) in [4.78, 5) is 11.4. The second-order valence-electron chi connectivity index (χ2n) is 32.6. The normalized spacial score (nSPS) is 20.7. The van der Waals surface area contributed by atoms with E-state index in [4.69, 9.17) is 69.6 Å². The number of Topliss-reactive ketones (excluding diaryl/α,β-unsaturated/α-hetero) is 1. The van der Waals surface area contributed by atoms with Gasteiger partial charge in [0.25, 0.3) is 5.92 Å². The van der Waals surface area contributed by atoms with Crippen LogP contribution in [-0.4, -0.2) is 88.2 Å². The molecule has 6 aliphatic carbocycles. The minimum absolute atomic E-state index is 0.000921. The molecule has 0 amide bonds. The third-order valence-electron chi connectivity index (χ3n) is 25.4. The van der Waals surface area contributed by atoms with Crippen molar-refractivity contribution < 1.29 is 47.9 Å². The molecule has 26 heteroatoms. The summed E-state index contributed by atoms with van der Waals surface area (Å²) in [5.74, 6) is -3.18. The highest BCUT2D eigenvalue weighted by molar-refractivity contribution is 6.43. The Morgan fingerprint density at radius 1 is 0.454 bits per heavy atom. The lowest BCUT2D eigenvalue weighted by molar-refractivity contribution is -0.157. The van der Waals surface area contributed by atoms with E-state index in [0.29, 0.717) is 72.7 Å². The van der Waals surface area contributed by atoms with E-state index >= 15 is 0 Å². The first-order valence-electron chi connectivity index (χ1n) is 38.5. The average molecular weight is 1610 g/mol. The highest BCUT2D eigenvalue weighted by atomic mass is 35.5. The smallest absolute Gasteiger partial charge is 0.280 e. The van der Waals surface area contributed by atoms with Gasteiger partial charge >= 0.3 is 0 Å². The van der Waals surface area contributed by atoms with Crippen molar-refractivity contribution in [3.8, 4) is 0 Å². The van der Waals surface area contributed by atoms with Crippen molar-refractivity contribution in [3.63, 3.8) is 0 Å². The summed E-state index contributed by atoms with van der Waals surface area (Å²) >= 11 is 36.8. The summed E-state index contributed by atoms with van der Waals surface area (Å²) in [7, 11) is 0. The minimum Gasteiger partial charge on any atom is -0.388 e. The monoisotopic (exact) mass is 1610 g/mol. The van der Waals surface area contributed by atoms with Gasteiger partial charge in [0, 0.05) is 71.3 Å². The number of H-pyrrole nitrogens is 5. The zero-order chi connectivity index (χ0) is 77.1. The first-order valence-corrected chi connectivity index (χ1v) is 40.8. The van der Waals surface area contributed by atoms with Crippen molar-refractivity contribution in [1.29, 1.82) is 0 Å². The Hall–Kier alpha value is -5.62. The molecule has 5 aromatic carbocycles. The van der Waals surface area contributed by atoms with Crippen LogP contribution in [0.1, 0.15) is 260 Å². The number of aliphatic hydroxyl groups excluding tert-OH is 5. The van der Waals surface area contributed by atoms with Crippen LogP contribution in [0.15, 0.2) is 73.4 Å². The maximum Gasteiger partial charge on any atom is 0.280 e. The quantitative estimate of drug-likeness (QED) is 0.0432. The third-order valence-corrected chi connectivity index (χ3v) is 27.2. The number of nitrogens with zero attached hydrogens (tertiary/aromatic N) is 5. The molecule has 6 aliphatic rings. The fraction of sp³-hybridized carbons (Fsp3) is 0.561. The molecular weight excluding hydrogens is 1510 g/mol. The zero-order valence-corrected chi connectivity index (χ0v) is 66.4. The topological polar surface area (TPSA) is 262 Å². The lowest BCUT2D eigenvalue weighted by atomic mass is 9.66. The van der Waals surface area contributed by atoms with Gasteiger partial charge in [0.05, 0.1) is 114 Å². The largest absolute Gasteiger partial charge is 0.388 e. The molecule has 0 spiro atoms. The van der Waals surface area contributed by atoms with Crippen LogP contribution in [-0.2, 0) is 4.79 Å². The van der Waals surface area contributed by atoms with Crippen LogP contribution < -0.4 is 0 Å². The summed E-state index contributed by atoms with van der Waals surface area (Å²) < 4.78 is 57.2. The molecule has 108 heavy (non-hydrogen) atoms. The number of hydrogen-bond acceptors (Lipinski definition) is 11. The number of carbonyl (C=O) groups excluding carboxylic acids is 1. The van der Waals surface area contributed by atoms with E-state index in [2.05, 4.69) is 78.7 Å². The second-order valence-corrected chi connectivity index (χ2v) is 35.1. The first kappa shape index (κ1) is 81.9. The maximum atomic E-state index is 14.6. The molecule has 0 bridgehead atoms. The van der Waals surface area contributed by atoms with E-state index in [-0.39, 0.29) is 60.4 Å². The number of ketones is 1. The standard InChI is InChI=1S/C17H22Cl2N2O.C17H22ClFN2O.C17H21ClN2O.C16H19ClN2O2.C15H16ClF3N2O/c1-17(2,11-6-4-3-5-7-11)16(22)13-14(19)12(18)8-10-9-20-21-15(10)13;1-17(2,10-6-4-3-5-7-10)16(22)11-8-13(18)14(19)12-9-20-21-15(11)12;18-13-8-11-10-19-20-15(11)14(9-13)16(21)17(6-7-17)12-4-2-1-3-5-12;1-9(20)10-2-4-11(5-3-10)16(21)14-7-13(17)6-12-8-18-19-15(12)14;16-11-6-9(13-10(12(11)17)7-20-21-13)14(22)15(18,19)8-4-2-1-3-5-8/h8-9,11,16,22H,3-7H2,1-2H3,(H,20,21);8-10,16,22H,3-7H2,1-2H3,(H,20,21);8-10,12,16,21H,1-7H2,(H,19,20);6-8,10-11,16,21H,2-5H2,1H3,(H,18,19);6-8,14,22H,1-5H2,(H,20,21). The third kappa shape index (κ3) is 17.3. The molecule has 5 unspecified atom stereocenters. The van der Waals surface area contributed by atoms with Gasteiger partial charge in [-0.15, -0.1) is 0 Å². The highest BCUT2D eigenvalue weighted by Crippen LogP contribution is 2.64. The zero-order valence-electron chi connectivity index (χ0n) is 61.8. The Morgan fingerprint density at radius 2 is 0.852 bits per heavy atom. The highest BCUT2D eigenvalue weighted by Gasteiger charge is 2.55. The summed E-state index contributed by atoms with van der Waals surface area (Å²) in [5, 5.41) is 93.2. The van der Waals surface area contributed by atoms with Gasteiger partial charge in [-0.25, -0.2) is 17.6 Å². The van der Waals surface area contributed by atoms with E-state index in [1.807, 2.05) is 24.3 Å². The van der Waals surface area contributed by atoms with Crippen LogP contribution >= 0.6 is 69.6 Å². The predicted octanol–water partition coefficient (Wildman–Crippen LogP) is 23.4. The van der Waals surface area contributed by atoms with Gasteiger partial charge in [-0.2, -0.15) is 25.5 Å². The lowest BCUT2D eigenvalue weighted by Gasteiger charge is -2.41. The van der Waals surface area contributed by atoms with E-state index in [1.54, 1.807) is 31.6 Å². The van der Waals surface area contributed by atoms with Crippen molar-refractivity contribution in [2.24, 2.45) is 51.8 Å². The molecule has 0 aliphatic heterocycles. The molecule has 0 radical (unpaired) electrons. The molecule has 10 N–H and O–H groups in total. The molecule has 16 nitrogen and oxygen atoms in total. The van der Waals surface area contributed by atoms with Gasteiger partial charge in [0.1, 0.15) is 11.9 Å². The van der Waals surface area contributed by atoms with E-state index < -0.39 is 54.0 Å². The molecule has 5 aromatic heterocycles. The summed E-state index contributed by atoms with van der Waals surface area (Å²) in [6, 6.07) is 11.8. The Balaban J connectivity index is 0.000000126. The fourth-order valence-corrected chi connectivity index (χ4v) is 19.8. The number of nitrogens with one attached hydrogen (secondary N) is 5. The molecule has 6 saturated carbocycles. The molecule has 0 saturated heterocycles. The summed E-state index contributed by atoms with van der Waals surface area (Å²) in [6.45, 7) is 10.1. The second kappa shape index (κ2) is 34.8. The minimum atomic E-state index is -3.29. The number of rotatable bonds is 15. The number of halogens is 10. The SMILES string of the molecule is CC(=O)C1CCC(C(O)c2cc(Cl)cc3cn[nH]c23)CC1.CC(C)(C1CCCCC1)C(O)c1c(Cl)c(Cl)cc2cn[nH]c12.CC(C)(C1CCCCC1)C(O)c1cc(Cl)c(F)c2cn[nH]c12.OC(c1cc(Cl)c(F)c2cn[nH]c12)C(F)(F)C1CCCCC1.OC(c1cc(Cl)cc2cn[nH]c12)C1(C2CCCCC2)CC1. The summed E-state index contributed by atoms with van der Waals surface area (Å²) in [5.41, 5.74) is 5.64. The molecule has 584 valence electrons. The van der Waals surface area contributed by atoms with Gasteiger partial charge in [-0.05, 0) is 174 Å². The van der Waals surface area contributed by atoms with Crippen molar-refractivity contribution in [1.82, 2.24) is 51.0 Å². The Labute approximate surface area is 657 Å². The first-order chi connectivity index (χ1) is 51.5. The number of aromatic nitrogens is 10. The van der Waals surface area contributed by atoms with Crippen molar-refractivity contribution >= 4 is 130 Å². The number of alkyl halides is 2. The number of hydrogen-bond donors (Lipinski definition) is 10. The summed E-state index contributed by atoms with van der Waals surface area (Å²) in [6.07, 6.45) is 30.8. The van der Waals surface area contributed by atoms with Gasteiger partial charge in [-0.3, -0.25) is 30.3 Å². The van der Waals surface area contributed by atoms with Crippen LogP contribution in [0.4, 0.5) is 17.6 Å². The predicted molar refractivity (Wildman–Crippen MR) is 422 cm³/mol. The van der Waals surface area contributed by atoms with Crippen molar-refractivity contribution in [3.05, 3.63) is 143 Å². The Bertz CT molecular complexity index is 4600. The van der Waals surface area contributed by atoms with Gasteiger partial charge in [-0.1, -0.05) is 174 Å². The number of aromatic amines is 5. The number of aliphatic hydroxyl groups is 5. The molecule has 16 rings (SSSR count). The van der Waals surface area contributed by atoms with Gasteiger partial charge in [0.2, 0.25) is 0 Å². The molecule has 10 aromatic rings. The van der Waals surface area contributed by atoms with Crippen LogP contribution in [0.2, 0.25) is 30.1 Å². The lowest BCUT2D eigenvalue weighted by Crippen LogP contribution is -2.36. The maximum absolute atomic E-state index is 14.6. The van der Waals surface area contributed by atoms with E-state index in [9.17, 15) is 47.9 Å². The van der Waals surface area contributed by atoms with E-state index in [1.165, 1.54) is 89.1 Å². The van der Waals surface area contributed by atoms with Crippen molar-refractivity contribution in [2.45, 2.75) is 238 Å². The Kier molecular flexibility index (Phi) is 26.4. The molecule has 6 fully saturated rings. The van der Waals surface area contributed by atoms with Crippen LogP contribution in [0, 0.1) is 63.4 Å². The number of carbonyl (C=O) groups is 1. The number of fused-ring (bicyclic) bond motifs is 5. The molecular formula is C82H100Cl6F4N10O6.